The van der Waals surface area contributed by atoms with E-state index in [1.807, 2.05) is 19.9 Å². The van der Waals surface area contributed by atoms with E-state index in [-0.39, 0.29) is 36.1 Å². The fourth-order valence-corrected chi connectivity index (χ4v) is 4.81. The minimum Gasteiger partial charge on any atom is -0.340 e. The van der Waals surface area contributed by atoms with Crippen LogP contribution >= 0.6 is 0 Å². The average Bonchev–Trinajstić information content (AvgIpc) is 2.69. The second-order valence-corrected chi connectivity index (χ2v) is 9.06. The lowest BCUT2D eigenvalue weighted by Crippen LogP contribution is -2.50. The Hall–Kier alpha value is -2.25. The van der Waals surface area contributed by atoms with Crippen LogP contribution in [-0.4, -0.2) is 49.7 Å². The summed E-state index contributed by atoms with van der Waals surface area (Å²) in [7, 11) is -3.57. The molecule has 7 heteroatoms. The second kappa shape index (κ2) is 8.41. The number of aryl methyl sites for hydroxylation is 3. The van der Waals surface area contributed by atoms with Gasteiger partial charge in [0.15, 0.2) is 0 Å². The Bertz CT molecular complexity index is 967. The van der Waals surface area contributed by atoms with E-state index < -0.39 is 10.0 Å². The molecule has 2 aromatic rings. The van der Waals surface area contributed by atoms with Crippen molar-refractivity contribution in [2.24, 2.45) is 0 Å². The van der Waals surface area contributed by atoms with E-state index in [9.17, 15) is 17.6 Å². The molecule has 0 aromatic heterocycles. The molecule has 5 nitrogen and oxygen atoms in total. The van der Waals surface area contributed by atoms with E-state index in [1.54, 1.807) is 35.2 Å². The normalized spacial score (nSPS) is 15.6. The van der Waals surface area contributed by atoms with Gasteiger partial charge in [0, 0.05) is 32.6 Å². The SMILES string of the molecule is Cc1ccc(S(=O)(=O)N2CCN(C(=O)CCc3ccccc3F)CC2)cc1C. The summed E-state index contributed by atoms with van der Waals surface area (Å²) in [5.41, 5.74) is 2.50. The average molecular weight is 405 g/mol. The van der Waals surface area contributed by atoms with Crippen LogP contribution in [0.2, 0.25) is 0 Å². The van der Waals surface area contributed by atoms with E-state index in [2.05, 4.69) is 0 Å². The number of amides is 1. The topological polar surface area (TPSA) is 57.7 Å². The first kappa shape index (κ1) is 20.5. The molecule has 0 saturated carbocycles. The van der Waals surface area contributed by atoms with Gasteiger partial charge in [0.2, 0.25) is 15.9 Å². The first-order chi connectivity index (χ1) is 13.3. The third-order valence-corrected chi connectivity index (χ3v) is 7.17. The van der Waals surface area contributed by atoms with Gasteiger partial charge in [-0.3, -0.25) is 4.79 Å². The number of piperazine rings is 1. The van der Waals surface area contributed by atoms with Gasteiger partial charge >= 0.3 is 0 Å². The molecular weight excluding hydrogens is 379 g/mol. The molecule has 1 amide bonds. The zero-order valence-corrected chi connectivity index (χ0v) is 17.0. The number of hydrogen-bond acceptors (Lipinski definition) is 3. The zero-order valence-electron chi connectivity index (χ0n) is 16.2. The maximum absolute atomic E-state index is 13.7. The number of halogens is 1. The Morgan fingerprint density at radius 3 is 2.32 bits per heavy atom. The van der Waals surface area contributed by atoms with Crippen LogP contribution in [0.3, 0.4) is 0 Å². The molecule has 1 heterocycles. The molecule has 28 heavy (non-hydrogen) atoms. The Kier molecular flexibility index (Phi) is 6.15. The van der Waals surface area contributed by atoms with Crippen LogP contribution in [0.4, 0.5) is 4.39 Å². The molecule has 0 N–H and O–H groups in total. The monoisotopic (exact) mass is 404 g/mol. The summed E-state index contributed by atoms with van der Waals surface area (Å²) in [6.45, 7) is 5.06. The van der Waals surface area contributed by atoms with Gasteiger partial charge in [0.1, 0.15) is 5.82 Å². The highest BCUT2D eigenvalue weighted by Gasteiger charge is 2.30. The number of hydrogen-bond donors (Lipinski definition) is 0. The third-order valence-electron chi connectivity index (χ3n) is 5.27. The molecule has 0 atom stereocenters. The van der Waals surface area contributed by atoms with Crippen molar-refractivity contribution >= 4 is 15.9 Å². The van der Waals surface area contributed by atoms with E-state index in [4.69, 9.17) is 0 Å². The fourth-order valence-electron chi connectivity index (χ4n) is 3.30. The highest BCUT2D eigenvalue weighted by Crippen LogP contribution is 2.21. The number of sulfonamides is 1. The van der Waals surface area contributed by atoms with Gasteiger partial charge in [-0.1, -0.05) is 24.3 Å². The molecule has 1 fully saturated rings. The molecule has 0 spiro atoms. The van der Waals surface area contributed by atoms with Crippen molar-refractivity contribution in [1.82, 2.24) is 9.21 Å². The van der Waals surface area contributed by atoms with Crippen molar-refractivity contribution in [3.8, 4) is 0 Å². The summed E-state index contributed by atoms with van der Waals surface area (Å²) in [5.74, 6) is -0.383. The molecule has 0 radical (unpaired) electrons. The summed E-state index contributed by atoms with van der Waals surface area (Å²) in [4.78, 5) is 14.4. The van der Waals surface area contributed by atoms with Crippen molar-refractivity contribution < 1.29 is 17.6 Å². The minimum atomic E-state index is -3.57. The summed E-state index contributed by atoms with van der Waals surface area (Å²) in [5, 5.41) is 0. The maximum atomic E-state index is 13.7. The van der Waals surface area contributed by atoms with Crippen molar-refractivity contribution in [2.45, 2.75) is 31.6 Å². The van der Waals surface area contributed by atoms with E-state index >= 15 is 0 Å². The van der Waals surface area contributed by atoms with Crippen LogP contribution in [0.1, 0.15) is 23.1 Å². The van der Waals surface area contributed by atoms with Crippen LogP contribution in [0.15, 0.2) is 47.4 Å². The van der Waals surface area contributed by atoms with Gasteiger partial charge in [0.25, 0.3) is 0 Å². The number of benzene rings is 2. The lowest BCUT2D eigenvalue weighted by Gasteiger charge is -2.34. The summed E-state index contributed by atoms with van der Waals surface area (Å²) in [6.07, 6.45) is 0.553. The molecule has 3 rings (SSSR count). The Morgan fingerprint density at radius 2 is 1.68 bits per heavy atom. The molecule has 2 aromatic carbocycles. The third kappa shape index (κ3) is 4.42. The Balaban J connectivity index is 1.58. The predicted octanol–water partition coefficient (Wildman–Crippen LogP) is 2.91. The molecule has 0 bridgehead atoms. The van der Waals surface area contributed by atoms with Crippen LogP contribution in [0.5, 0.6) is 0 Å². The van der Waals surface area contributed by atoms with Crippen LogP contribution in [0.25, 0.3) is 0 Å². The van der Waals surface area contributed by atoms with Gasteiger partial charge in [-0.25, -0.2) is 12.8 Å². The highest BCUT2D eigenvalue weighted by atomic mass is 32.2. The Morgan fingerprint density at radius 1 is 1.00 bits per heavy atom. The maximum Gasteiger partial charge on any atom is 0.243 e. The molecular formula is C21H25FN2O3S. The standard InChI is InChI=1S/C21H25FN2O3S/c1-16-7-9-19(15-17(16)2)28(26,27)24-13-11-23(12-14-24)21(25)10-8-18-5-3-4-6-20(18)22/h3-7,9,15H,8,10-14H2,1-2H3. The van der Waals surface area contributed by atoms with Gasteiger partial charge in [0.05, 0.1) is 4.90 Å². The van der Waals surface area contributed by atoms with Gasteiger partial charge in [-0.2, -0.15) is 4.31 Å². The first-order valence-corrected chi connectivity index (χ1v) is 10.8. The number of carbonyl (C=O) groups is 1. The predicted molar refractivity (Wildman–Crippen MR) is 106 cm³/mol. The fraction of sp³-hybridized carbons (Fsp3) is 0.381. The van der Waals surface area contributed by atoms with E-state index in [0.717, 1.165) is 11.1 Å². The van der Waals surface area contributed by atoms with Crippen LogP contribution in [0, 0.1) is 19.7 Å². The zero-order chi connectivity index (χ0) is 20.3. The van der Waals surface area contributed by atoms with Crippen molar-refractivity contribution in [3.05, 3.63) is 65.0 Å². The van der Waals surface area contributed by atoms with Gasteiger partial charge in [-0.15, -0.1) is 0 Å². The molecule has 1 aliphatic heterocycles. The first-order valence-electron chi connectivity index (χ1n) is 9.37. The smallest absolute Gasteiger partial charge is 0.243 e. The quantitative estimate of drug-likeness (QED) is 0.770. The van der Waals surface area contributed by atoms with Gasteiger partial charge < -0.3 is 4.90 Å². The minimum absolute atomic E-state index is 0.0773. The molecule has 1 aliphatic rings. The lowest BCUT2D eigenvalue weighted by molar-refractivity contribution is -0.132. The number of nitrogens with zero attached hydrogens (tertiary/aromatic N) is 2. The molecule has 1 saturated heterocycles. The Labute approximate surface area is 165 Å². The summed E-state index contributed by atoms with van der Waals surface area (Å²) < 4.78 is 40.8. The van der Waals surface area contributed by atoms with Gasteiger partial charge in [-0.05, 0) is 55.2 Å². The van der Waals surface area contributed by atoms with Crippen molar-refractivity contribution in [3.63, 3.8) is 0 Å². The van der Waals surface area contributed by atoms with E-state index in [1.165, 1.54) is 10.4 Å². The number of carbonyl (C=O) groups excluding carboxylic acids is 1. The van der Waals surface area contributed by atoms with Crippen molar-refractivity contribution in [2.75, 3.05) is 26.2 Å². The van der Waals surface area contributed by atoms with Crippen molar-refractivity contribution in [1.29, 1.82) is 0 Å². The lowest BCUT2D eigenvalue weighted by atomic mass is 10.1. The highest BCUT2D eigenvalue weighted by molar-refractivity contribution is 7.89. The van der Waals surface area contributed by atoms with Crippen LogP contribution < -0.4 is 0 Å². The summed E-state index contributed by atoms with van der Waals surface area (Å²) in [6, 6.07) is 11.6. The number of rotatable bonds is 5. The van der Waals surface area contributed by atoms with Crippen LogP contribution in [-0.2, 0) is 21.2 Å². The molecule has 0 aliphatic carbocycles. The molecule has 0 unspecified atom stereocenters. The largest absolute Gasteiger partial charge is 0.340 e. The second-order valence-electron chi connectivity index (χ2n) is 7.12. The molecule has 150 valence electrons. The van der Waals surface area contributed by atoms with E-state index in [0.29, 0.717) is 25.1 Å². The summed E-state index contributed by atoms with van der Waals surface area (Å²) >= 11 is 0.